The summed E-state index contributed by atoms with van der Waals surface area (Å²) in [4.78, 5) is 25.2. The Morgan fingerprint density at radius 1 is 1.33 bits per heavy atom. The van der Waals surface area contributed by atoms with Gasteiger partial charge in [-0.1, -0.05) is 6.92 Å². The van der Waals surface area contributed by atoms with Crippen LogP contribution in [0.15, 0.2) is 34.7 Å². The predicted octanol–water partition coefficient (Wildman–Crippen LogP) is 2.95. The van der Waals surface area contributed by atoms with Crippen molar-refractivity contribution in [2.24, 2.45) is 17.3 Å². The predicted molar refractivity (Wildman–Crippen MR) is 84.8 cm³/mol. The second-order valence-corrected chi connectivity index (χ2v) is 7.61. The number of carbonyl (C=O) groups excluding carboxylic acids is 2. The van der Waals surface area contributed by atoms with Gasteiger partial charge in [-0.3, -0.25) is 9.59 Å². The van der Waals surface area contributed by atoms with Crippen molar-refractivity contribution in [3.8, 4) is 0 Å². The van der Waals surface area contributed by atoms with Crippen LogP contribution in [-0.2, 0) is 14.3 Å². The van der Waals surface area contributed by atoms with Crippen molar-refractivity contribution in [2.75, 3.05) is 0 Å². The Hall–Kier alpha value is -1.88. The number of carbonyl (C=O) groups is 2. The molecule has 24 heavy (non-hydrogen) atoms. The minimum absolute atomic E-state index is 0.0183. The number of allylic oxidation sites excluding steroid dienone is 1. The molecular formula is C19H22O5. The Labute approximate surface area is 140 Å². The number of ether oxygens (including phenoxy) is 1. The van der Waals surface area contributed by atoms with E-state index in [0.29, 0.717) is 18.4 Å². The Kier molecular flexibility index (Phi) is 3.29. The van der Waals surface area contributed by atoms with Crippen LogP contribution in [0.5, 0.6) is 0 Å². The summed E-state index contributed by atoms with van der Waals surface area (Å²) in [6.07, 6.45) is 6.32. The molecule has 0 unspecified atom stereocenters. The van der Waals surface area contributed by atoms with Gasteiger partial charge in [0, 0.05) is 24.3 Å². The average Bonchev–Trinajstić information content (AvgIpc) is 3.16. The van der Waals surface area contributed by atoms with Gasteiger partial charge in [-0.2, -0.15) is 0 Å². The van der Waals surface area contributed by atoms with E-state index in [1.807, 2.05) is 6.92 Å². The minimum atomic E-state index is -1.09. The fourth-order valence-corrected chi connectivity index (χ4v) is 5.09. The van der Waals surface area contributed by atoms with Gasteiger partial charge in [0.1, 0.15) is 6.10 Å². The van der Waals surface area contributed by atoms with Gasteiger partial charge < -0.3 is 14.3 Å². The zero-order chi connectivity index (χ0) is 17.1. The number of rotatable bonds is 1. The lowest BCUT2D eigenvalue weighted by atomic mass is 9.50. The molecule has 1 aromatic heterocycles. The van der Waals surface area contributed by atoms with Gasteiger partial charge in [0.2, 0.25) is 0 Å². The first kappa shape index (κ1) is 15.6. The lowest BCUT2D eigenvalue weighted by Gasteiger charge is -2.53. The number of fused-ring (bicyclic) bond motifs is 2. The van der Waals surface area contributed by atoms with Crippen molar-refractivity contribution < 1.29 is 23.8 Å². The topological polar surface area (TPSA) is 76.7 Å². The quantitative estimate of drug-likeness (QED) is 0.801. The van der Waals surface area contributed by atoms with Gasteiger partial charge >= 0.3 is 5.97 Å². The lowest BCUT2D eigenvalue weighted by molar-refractivity contribution is -0.170. The Bertz CT molecular complexity index is 718. The zero-order valence-corrected chi connectivity index (χ0v) is 14.0. The smallest absolute Gasteiger partial charge is 0.313 e. The van der Waals surface area contributed by atoms with Gasteiger partial charge in [-0.05, 0) is 43.4 Å². The molecule has 0 amide bonds. The van der Waals surface area contributed by atoms with Crippen LogP contribution in [-0.4, -0.2) is 22.5 Å². The molecule has 5 heteroatoms. The first-order valence-electron chi connectivity index (χ1n) is 8.55. The highest BCUT2D eigenvalue weighted by molar-refractivity contribution is 5.93. The Morgan fingerprint density at radius 3 is 2.83 bits per heavy atom. The van der Waals surface area contributed by atoms with Crippen LogP contribution in [0.3, 0.4) is 0 Å². The van der Waals surface area contributed by atoms with Crippen LogP contribution < -0.4 is 0 Å². The van der Waals surface area contributed by atoms with Crippen LogP contribution >= 0.6 is 0 Å². The molecule has 5 nitrogen and oxygen atoms in total. The molecule has 5 atom stereocenters. The van der Waals surface area contributed by atoms with E-state index in [0.717, 1.165) is 12.0 Å². The van der Waals surface area contributed by atoms with E-state index in [1.54, 1.807) is 25.5 Å². The lowest BCUT2D eigenvalue weighted by Crippen LogP contribution is -2.59. The summed E-state index contributed by atoms with van der Waals surface area (Å²) in [7, 11) is 0. The van der Waals surface area contributed by atoms with Crippen molar-refractivity contribution in [3.05, 3.63) is 35.8 Å². The first-order chi connectivity index (χ1) is 11.4. The molecule has 1 aliphatic heterocycles. The molecule has 0 radical (unpaired) electrons. The number of aliphatic hydroxyl groups is 1. The molecule has 0 aromatic carbocycles. The van der Waals surface area contributed by atoms with Crippen molar-refractivity contribution in [3.63, 3.8) is 0 Å². The molecule has 1 saturated heterocycles. The van der Waals surface area contributed by atoms with E-state index < -0.39 is 16.9 Å². The average molecular weight is 330 g/mol. The number of hydrogen-bond donors (Lipinski definition) is 1. The first-order valence-corrected chi connectivity index (χ1v) is 8.55. The highest BCUT2D eigenvalue weighted by Crippen LogP contribution is 2.62. The van der Waals surface area contributed by atoms with E-state index >= 15 is 0 Å². The van der Waals surface area contributed by atoms with Crippen molar-refractivity contribution in [2.45, 2.75) is 51.2 Å². The third kappa shape index (κ3) is 1.91. The van der Waals surface area contributed by atoms with Crippen molar-refractivity contribution in [1.29, 1.82) is 0 Å². The monoisotopic (exact) mass is 330 g/mol. The summed E-state index contributed by atoms with van der Waals surface area (Å²) in [5.74, 6) is -0.663. The number of esters is 1. The second kappa shape index (κ2) is 5.06. The van der Waals surface area contributed by atoms with E-state index in [2.05, 4.69) is 0 Å². The Balaban J connectivity index is 1.79. The van der Waals surface area contributed by atoms with Crippen LogP contribution in [0.2, 0.25) is 0 Å². The van der Waals surface area contributed by atoms with E-state index in [4.69, 9.17) is 9.15 Å². The Morgan fingerprint density at radius 2 is 2.12 bits per heavy atom. The fraction of sp³-hybridized carbons (Fsp3) is 0.579. The highest BCUT2D eigenvalue weighted by atomic mass is 16.6. The number of cyclic esters (lactones) is 1. The second-order valence-electron chi connectivity index (χ2n) is 7.61. The van der Waals surface area contributed by atoms with E-state index in [-0.39, 0.29) is 30.2 Å². The zero-order valence-electron chi connectivity index (χ0n) is 14.0. The molecule has 3 aliphatic rings. The number of hydrogen-bond acceptors (Lipinski definition) is 5. The molecular weight excluding hydrogens is 308 g/mol. The fourth-order valence-electron chi connectivity index (χ4n) is 5.09. The summed E-state index contributed by atoms with van der Waals surface area (Å²) < 4.78 is 10.8. The molecule has 4 rings (SSSR count). The normalized spacial score (nSPS) is 42.0. The summed E-state index contributed by atoms with van der Waals surface area (Å²) in [5.41, 5.74) is -0.407. The third-order valence-electron chi connectivity index (χ3n) is 6.57. The molecule has 1 aromatic rings. The van der Waals surface area contributed by atoms with E-state index in [1.165, 1.54) is 6.08 Å². The van der Waals surface area contributed by atoms with Gasteiger partial charge in [-0.25, -0.2) is 0 Å². The maximum absolute atomic E-state index is 13.0. The molecule has 0 bridgehead atoms. The van der Waals surface area contributed by atoms with Crippen molar-refractivity contribution >= 4 is 11.8 Å². The summed E-state index contributed by atoms with van der Waals surface area (Å²) >= 11 is 0. The van der Waals surface area contributed by atoms with Crippen molar-refractivity contribution in [1.82, 2.24) is 0 Å². The van der Waals surface area contributed by atoms with Crippen LogP contribution in [0, 0.1) is 17.3 Å². The molecule has 128 valence electrons. The van der Waals surface area contributed by atoms with Gasteiger partial charge in [-0.15, -0.1) is 0 Å². The van der Waals surface area contributed by atoms with Gasteiger partial charge in [0.25, 0.3) is 0 Å². The summed E-state index contributed by atoms with van der Waals surface area (Å²) in [5, 5.41) is 11.3. The molecule has 2 fully saturated rings. The molecule has 2 heterocycles. The maximum atomic E-state index is 13.0. The van der Waals surface area contributed by atoms with Gasteiger partial charge in [0.15, 0.2) is 5.78 Å². The standard InChI is InChI=1S/C19H22O5/c1-11-3-5-19(22)12(2)7-14(20)8-16(19)18(11)9-15(24-17(18)21)13-4-6-23-10-13/h4,6-7,10-11,15-16,22H,3,5,8-9H2,1-2H3/t11-,15-,16-,18+,19-/m0/s1. The van der Waals surface area contributed by atoms with Crippen LogP contribution in [0.1, 0.15) is 51.2 Å². The molecule has 1 N–H and O–H groups in total. The molecule has 2 aliphatic carbocycles. The highest BCUT2D eigenvalue weighted by Gasteiger charge is 2.66. The molecule has 1 spiro atoms. The number of furan rings is 1. The number of ketones is 1. The largest absolute Gasteiger partial charge is 0.472 e. The third-order valence-corrected chi connectivity index (χ3v) is 6.57. The van der Waals surface area contributed by atoms with Gasteiger partial charge in [0.05, 0.1) is 23.5 Å². The minimum Gasteiger partial charge on any atom is -0.472 e. The summed E-state index contributed by atoms with van der Waals surface area (Å²) in [6.45, 7) is 3.83. The van der Waals surface area contributed by atoms with Crippen LogP contribution in [0.4, 0.5) is 0 Å². The van der Waals surface area contributed by atoms with E-state index in [9.17, 15) is 14.7 Å². The summed E-state index contributed by atoms with van der Waals surface area (Å²) in [6, 6.07) is 1.80. The molecule has 1 saturated carbocycles. The van der Waals surface area contributed by atoms with Crippen LogP contribution in [0.25, 0.3) is 0 Å². The SMILES string of the molecule is CC1=CC(=O)C[C@H]2[C@@]3(C[C@@H](c4ccoc4)OC3=O)[C@@H](C)CC[C@]12O. The maximum Gasteiger partial charge on any atom is 0.313 e.